The zero-order chi connectivity index (χ0) is 21.0. The highest BCUT2D eigenvalue weighted by Gasteiger charge is 2.35. The number of hydrogen-bond acceptors (Lipinski definition) is 6. The minimum Gasteiger partial charge on any atom is -0.496 e. The van der Waals surface area contributed by atoms with Crippen LogP contribution < -0.4 is 20.5 Å². The number of nitrogens with zero attached hydrogens (tertiary/aromatic N) is 1. The number of rotatable bonds is 7. The molecule has 0 bridgehead atoms. The maximum Gasteiger partial charge on any atom is 0.173 e. The third-order valence-corrected chi connectivity index (χ3v) is 5.97. The third kappa shape index (κ3) is 4.71. The van der Waals surface area contributed by atoms with Gasteiger partial charge in [-0.3, -0.25) is 0 Å². The third-order valence-electron chi connectivity index (χ3n) is 5.97. The van der Waals surface area contributed by atoms with Crippen molar-refractivity contribution < 1.29 is 19.4 Å². The first-order valence-corrected chi connectivity index (χ1v) is 10.4. The van der Waals surface area contributed by atoms with E-state index in [4.69, 9.17) is 25.2 Å². The molecular formula is C22H33N3O4. The van der Waals surface area contributed by atoms with Gasteiger partial charge in [-0.2, -0.15) is 0 Å². The Labute approximate surface area is 172 Å². The molecule has 0 amide bonds. The average Bonchev–Trinajstić information content (AvgIpc) is 3.13. The summed E-state index contributed by atoms with van der Waals surface area (Å²) in [5.74, 6) is 3.34. The van der Waals surface area contributed by atoms with Crippen molar-refractivity contribution in [3.8, 4) is 11.5 Å². The summed E-state index contributed by atoms with van der Waals surface area (Å²) in [6, 6.07) is 5.25. The SMILES string of the molecule is CCC(Oc1ccc(/C(N)=N/O)c(OC)c1)C1=C(C)NC(C2CCC(C)CC2)O1. The summed E-state index contributed by atoms with van der Waals surface area (Å²) in [7, 11) is 1.54. The van der Waals surface area contributed by atoms with Crippen LogP contribution in [0.25, 0.3) is 0 Å². The Kier molecular flexibility index (Phi) is 6.77. The van der Waals surface area contributed by atoms with Crippen LogP contribution in [0.15, 0.2) is 34.8 Å². The minimum atomic E-state index is -0.200. The van der Waals surface area contributed by atoms with Crippen LogP contribution in [0, 0.1) is 11.8 Å². The molecule has 1 heterocycles. The zero-order valence-corrected chi connectivity index (χ0v) is 17.8. The van der Waals surface area contributed by atoms with Crippen molar-refractivity contribution in [2.45, 2.75) is 65.2 Å². The molecule has 1 saturated carbocycles. The fourth-order valence-corrected chi connectivity index (χ4v) is 4.16. The molecule has 7 heteroatoms. The highest BCUT2D eigenvalue weighted by Crippen LogP contribution is 2.36. The number of benzene rings is 1. The number of methoxy groups -OCH3 is 1. The smallest absolute Gasteiger partial charge is 0.173 e. The van der Waals surface area contributed by atoms with E-state index in [0.717, 1.165) is 23.8 Å². The molecule has 160 valence electrons. The summed E-state index contributed by atoms with van der Waals surface area (Å²) in [5.41, 5.74) is 7.26. The number of hydrogen-bond donors (Lipinski definition) is 3. The van der Waals surface area contributed by atoms with Gasteiger partial charge >= 0.3 is 0 Å². The normalized spacial score (nSPS) is 25.9. The van der Waals surface area contributed by atoms with Crippen LogP contribution in [0.4, 0.5) is 0 Å². The van der Waals surface area contributed by atoms with Gasteiger partial charge in [0.2, 0.25) is 0 Å². The maximum absolute atomic E-state index is 8.93. The molecule has 1 aliphatic heterocycles. The van der Waals surface area contributed by atoms with E-state index in [1.54, 1.807) is 18.2 Å². The van der Waals surface area contributed by atoms with E-state index < -0.39 is 0 Å². The van der Waals surface area contributed by atoms with Gasteiger partial charge in [-0.05, 0) is 44.2 Å². The summed E-state index contributed by atoms with van der Waals surface area (Å²) in [6.07, 6.45) is 5.53. The van der Waals surface area contributed by atoms with E-state index in [0.29, 0.717) is 23.0 Å². The van der Waals surface area contributed by atoms with E-state index >= 15 is 0 Å². The van der Waals surface area contributed by atoms with E-state index in [1.807, 2.05) is 0 Å². The largest absolute Gasteiger partial charge is 0.496 e. The van der Waals surface area contributed by atoms with Crippen LogP contribution in [0.3, 0.4) is 0 Å². The molecule has 2 atom stereocenters. The molecule has 0 aromatic heterocycles. The Balaban J connectivity index is 1.70. The van der Waals surface area contributed by atoms with Crippen LogP contribution in [0.5, 0.6) is 11.5 Å². The van der Waals surface area contributed by atoms with E-state index in [-0.39, 0.29) is 18.2 Å². The van der Waals surface area contributed by atoms with Gasteiger partial charge < -0.3 is 30.5 Å². The van der Waals surface area contributed by atoms with E-state index in [9.17, 15) is 0 Å². The van der Waals surface area contributed by atoms with Crippen LogP contribution in [-0.2, 0) is 4.74 Å². The lowest BCUT2D eigenvalue weighted by atomic mass is 9.82. The molecule has 4 N–H and O–H groups in total. The minimum absolute atomic E-state index is 0.00744. The molecule has 29 heavy (non-hydrogen) atoms. The predicted octanol–water partition coefficient (Wildman–Crippen LogP) is 3.95. The van der Waals surface area contributed by atoms with Crippen molar-refractivity contribution in [1.82, 2.24) is 5.32 Å². The van der Waals surface area contributed by atoms with Gasteiger partial charge in [0.1, 0.15) is 11.5 Å². The fraction of sp³-hybridized carbons (Fsp3) is 0.591. The van der Waals surface area contributed by atoms with Crippen LogP contribution >= 0.6 is 0 Å². The van der Waals surface area contributed by atoms with Gasteiger partial charge in [-0.1, -0.05) is 31.8 Å². The molecule has 1 aromatic rings. The number of nitrogens with two attached hydrogens (primary N) is 1. The number of nitrogens with one attached hydrogen (secondary N) is 1. The maximum atomic E-state index is 8.93. The molecular weight excluding hydrogens is 370 g/mol. The zero-order valence-electron chi connectivity index (χ0n) is 17.8. The second-order valence-electron chi connectivity index (χ2n) is 8.05. The standard InChI is InChI=1S/C22H33N3O4/c1-5-18(28-16-10-11-17(21(23)25-26)19(12-16)27-4)20-14(3)24-22(29-20)15-8-6-13(2)7-9-15/h10-13,15,18,22,24,26H,5-9H2,1-4H3,(H2,23,25). The Hall–Kier alpha value is -2.57. The number of oxime groups is 1. The first-order chi connectivity index (χ1) is 14.0. The number of amidine groups is 1. The Morgan fingerprint density at radius 2 is 2.07 bits per heavy atom. The molecule has 1 aliphatic carbocycles. The van der Waals surface area contributed by atoms with E-state index in [1.165, 1.54) is 32.8 Å². The van der Waals surface area contributed by atoms with Crippen LogP contribution in [-0.4, -0.2) is 30.5 Å². The lowest BCUT2D eigenvalue weighted by Gasteiger charge is -2.31. The first-order valence-electron chi connectivity index (χ1n) is 10.4. The molecule has 0 saturated heterocycles. The summed E-state index contributed by atoms with van der Waals surface area (Å²) >= 11 is 0. The highest BCUT2D eigenvalue weighted by atomic mass is 16.6. The molecule has 3 rings (SSSR count). The Morgan fingerprint density at radius 1 is 1.34 bits per heavy atom. The average molecular weight is 404 g/mol. The van der Waals surface area contributed by atoms with Gasteiger partial charge in [0.05, 0.1) is 18.4 Å². The summed E-state index contributed by atoms with van der Waals surface area (Å²) < 4.78 is 18.0. The molecule has 1 aromatic carbocycles. The van der Waals surface area contributed by atoms with E-state index in [2.05, 4.69) is 31.2 Å². The van der Waals surface area contributed by atoms with Gasteiger partial charge in [-0.15, -0.1) is 0 Å². The summed E-state index contributed by atoms with van der Waals surface area (Å²) in [4.78, 5) is 0. The van der Waals surface area contributed by atoms with Gasteiger partial charge in [-0.25, -0.2) is 0 Å². The van der Waals surface area contributed by atoms with Crippen LogP contribution in [0.2, 0.25) is 0 Å². The summed E-state index contributed by atoms with van der Waals surface area (Å²) in [5, 5.41) is 15.5. The van der Waals surface area contributed by atoms with Gasteiger partial charge in [0.25, 0.3) is 0 Å². The van der Waals surface area contributed by atoms with Crippen molar-refractivity contribution in [2.75, 3.05) is 7.11 Å². The molecule has 7 nitrogen and oxygen atoms in total. The Morgan fingerprint density at radius 3 is 2.69 bits per heavy atom. The van der Waals surface area contributed by atoms with Crippen molar-refractivity contribution in [3.63, 3.8) is 0 Å². The molecule has 0 radical (unpaired) electrons. The van der Waals surface area contributed by atoms with Crippen molar-refractivity contribution in [2.24, 2.45) is 22.7 Å². The monoisotopic (exact) mass is 403 g/mol. The summed E-state index contributed by atoms with van der Waals surface area (Å²) in [6.45, 7) is 6.45. The highest BCUT2D eigenvalue weighted by molar-refractivity contribution is 5.99. The lowest BCUT2D eigenvalue weighted by molar-refractivity contribution is 0.0210. The van der Waals surface area contributed by atoms with Crippen LogP contribution in [0.1, 0.15) is 58.4 Å². The molecule has 0 spiro atoms. The number of ether oxygens (including phenoxy) is 3. The first kappa shape index (κ1) is 21.1. The molecule has 2 unspecified atom stereocenters. The van der Waals surface area contributed by atoms with Gasteiger partial charge in [0.15, 0.2) is 23.9 Å². The lowest BCUT2D eigenvalue weighted by Crippen LogP contribution is -2.34. The van der Waals surface area contributed by atoms with Crippen molar-refractivity contribution in [3.05, 3.63) is 35.2 Å². The number of allylic oxidation sites excluding steroid dienone is 1. The van der Waals surface area contributed by atoms with Crippen molar-refractivity contribution in [1.29, 1.82) is 0 Å². The topological polar surface area (TPSA) is 98.3 Å². The predicted molar refractivity (Wildman–Crippen MR) is 112 cm³/mol. The quantitative estimate of drug-likeness (QED) is 0.276. The molecule has 1 fully saturated rings. The van der Waals surface area contributed by atoms with Gasteiger partial charge in [0, 0.05) is 12.0 Å². The van der Waals surface area contributed by atoms with Crippen molar-refractivity contribution >= 4 is 5.84 Å². The fourth-order valence-electron chi connectivity index (χ4n) is 4.16. The second kappa shape index (κ2) is 9.29. The molecule has 2 aliphatic rings. The Bertz CT molecular complexity index is 769. The second-order valence-corrected chi connectivity index (χ2v) is 8.05.